The van der Waals surface area contributed by atoms with Crippen LogP contribution in [0.4, 0.5) is 0 Å². The van der Waals surface area contributed by atoms with Crippen LogP contribution >= 0.6 is 11.6 Å². The molecule has 0 fully saturated rings. The van der Waals surface area contributed by atoms with E-state index in [9.17, 15) is 4.79 Å². The summed E-state index contributed by atoms with van der Waals surface area (Å²) in [5.74, 6) is 0. The second-order valence-electron chi connectivity index (χ2n) is 6.91. The number of aromatic nitrogens is 3. The maximum absolute atomic E-state index is 12.9. The summed E-state index contributed by atoms with van der Waals surface area (Å²) in [6.45, 7) is 6.46. The number of pyridine rings is 1. The Bertz CT molecular complexity index is 1190. The number of rotatable bonds is 3. The maximum atomic E-state index is 12.9. The normalized spacial score (nSPS) is 11.3. The minimum atomic E-state index is -0.0387. The molecular formula is C22H20ClN3O. The van der Waals surface area contributed by atoms with E-state index in [1.165, 1.54) is 5.56 Å². The van der Waals surface area contributed by atoms with Crippen LogP contribution in [-0.4, -0.2) is 14.3 Å². The van der Waals surface area contributed by atoms with Crippen molar-refractivity contribution in [2.24, 2.45) is 0 Å². The van der Waals surface area contributed by atoms with Crippen molar-refractivity contribution in [1.82, 2.24) is 14.3 Å². The summed E-state index contributed by atoms with van der Waals surface area (Å²) < 4.78 is 3.65. The van der Waals surface area contributed by atoms with Gasteiger partial charge in [-0.1, -0.05) is 41.4 Å². The zero-order valence-corrected chi connectivity index (χ0v) is 16.3. The summed E-state index contributed by atoms with van der Waals surface area (Å²) in [7, 11) is 0. The Morgan fingerprint density at radius 1 is 0.963 bits per heavy atom. The van der Waals surface area contributed by atoms with Crippen LogP contribution in [0.5, 0.6) is 0 Å². The first-order valence-electron chi connectivity index (χ1n) is 8.85. The number of halogens is 1. The van der Waals surface area contributed by atoms with E-state index in [1.54, 1.807) is 10.6 Å². The summed E-state index contributed by atoms with van der Waals surface area (Å²) in [5.41, 5.74) is 5.77. The third kappa shape index (κ3) is 3.17. The number of benzene rings is 2. The van der Waals surface area contributed by atoms with Crippen LogP contribution in [0.25, 0.3) is 16.7 Å². The lowest BCUT2D eigenvalue weighted by atomic mass is 10.1. The highest BCUT2D eigenvalue weighted by Crippen LogP contribution is 2.24. The molecular weight excluding hydrogens is 358 g/mol. The van der Waals surface area contributed by atoms with Gasteiger partial charge >= 0.3 is 0 Å². The van der Waals surface area contributed by atoms with E-state index in [1.807, 2.05) is 54.9 Å². The SMILES string of the molecule is Cc1ccc(-n2nc(C)c3c(C)cc(=O)n(Cc4ccc(Cl)cc4)c32)cc1. The van der Waals surface area contributed by atoms with E-state index in [2.05, 4.69) is 19.1 Å². The van der Waals surface area contributed by atoms with Crippen molar-refractivity contribution in [1.29, 1.82) is 0 Å². The number of nitrogens with zero attached hydrogens (tertiary/aromatic N) is 3. The van der Waals surface area contributed by atoms with Crippen LogP contribution in [0.1, 0.15) is 22.4 Å². The van der Waals surface area contributed by atoms with E-state index in [-0.39, 0.29) is 5.56 Å². The molecule has 0 spiro atoms. The van der Waals surface area contributed by atoms with E-state index >= 15 is 0 Å². The molecule has 0 aliphatic heterocycles. The summed E-state index contributed by atoms with van der Waals surface area (Å²) in [4.78, 5) is 12.9. The van der Waals surface area contributed by atoms with Gasteiger partial charge < -0.3 is 0 Å². The van der Waals surface area contributed by atoms with Gasteiger partial charge in [-0.15, -0.1) is 0 Å². The lowest BCUT2D eigenvalue weighted by Gasteiger charge is -2.13. The largest absolute Gasteiger partial charge is 0.288 e. The fourth-order valence-electron chi connectivity index (χ4n) is 3.46. The first-order chi connectivity index (χ1) is 12.9. The van der Waals surface area contributed by atoms with Gasteiger partial charge in [0.2, 0.25) is 0 Å². The summed E-state index contributed by atoms with van der Waals surface area (Å²) in [6.07, 6.45) is 0. The van der Waals surface area contributed by atoms with E-state index in [4.69, 9.17) is 16.7 Å². The Morgan fingerprint density at radius 2 is 1.63 bits per heavy atom. The van der Waals surface area contributed by atoms with Gasteiger partial charge in [0.05, 0.1) is 17.9 Å². The van der Waals surface area contributed by atoms with Crippen LogP contribution in [0.3, 0.4) is 0 Å². The third-order valence-electron chi connectivity index (χ3n) is 4.82. The van der Waals surface area contributed by atoms with E-state index in [0.717, 1.165) is 33.5 Å². The molecule has 4 rings (SSSR count). The third-order valence-corrected chi connectivity index (χ3v) is 5.08. The molecule has 136 valence electrons. The molecule has 2 heterocycles. The molecule has 4 nitrogen and oxygen atoms in total. The van der Waals surface area contributed by atoms with Gasteiger partial charge in [-0.3, -0.25) is 9.36 Å². The second kappa shape index (κ2) is 6.71. The van der Waals surface area contributed by atoms with Gasteiger partial charge in [0.25, 0.3) is 5.56 Å². The Labute approximate surface area is 162 Å². The molecule has 4 aromatic rings. The van der Waals surface area contributed by atoms with Crippen molar-refractivity contribution in [3.8, 4) is 5.69 Å². The first kappa shape index (κ1) is 17.6. The summed E-state index contributed by atoms with van der Waals surface area (Å²) >= 11 is 6.00. The fraction of sp³-hybridized carbons (Fsp3) is 0.182. The van der Waals surface area contributed by atoms with Crippen molar-refractivity contribution in [3.63, 3.8) is 0 Å². The molecule has 0 radical (unpaired) electrons. The minimum Gasteiger partial charge on any atom is -0.288 e. The molecule has 0 saturated heterocycles. The smallest absolute Gasteiger partial charge is 0.252 e. The van der Waals surface area contributed by atoms with Crippen LogP contribution < -0.4 is 5.56 Å². The zero-order valence-electron chi connectivity index (χ0n) is 15.5. The van der Waals surface area contributed by atoms with Crippen molar-refractivity contribution in [2.45, 2.75) is 27.3 Å². The van der Waals surface area contributed by atoms with Crippen molar-refractivity contribution in [2.75, 3.05) is 0 Å². The predicted octanol–water partition coefficient (Wildman–Crippen LogP) is 4.81. The lowest BCUT2D eigenvalue weighted by Crippen LogP contribution is -2.22. The van der Waals surface area contributed by atoms with Gasteiger partial charge in [0.15, 0.2) is 0 Å². The highest BCUT2D eigenvalue weighted by Gasteiger charge is 2.17. The molecule has 0 amide bonds. The van der Waals surface area contributed by atoms with Gasteiger partial charge in [-0.2, -0.15) is 5.10 Å². The topological polar surface area (TPSA) is 39.8 Å². The summed E-state index contributed by atoms with van der Waals surface area (Å²) in [5, 5.41) is 6.44. The van der Waals surface area contributed by atoms with E-state index in [0.29, 0.717) is 11.6 Å². The first-order valence-corrected chi connectivity index (χ1v) is 9.23. The molecule has 5 heteroatoms. The molecule has 0 unspecified atom stereocenters. The van der Waals surface area contributed by atoms with Crippen LogP contribution in [0.2, 0.25) is 5.02 Å². The van der Waals surface area contributed by atoms with Gasteiger partial charge in [-0.25, -0.2) is 4.68 Å². The second-order valence-corrected chi connectivity index (χ2v) is 7.35. The number of fused-ring (bicyclic) bond motifs is 1. The van der Waals surface area contributed by atoms with Crippen LogP contribution in [0.15, 0.2) is 59.4 Å². The Hall–Kier alpha value is -2.85. The lowest BCUT2D eigenvalue weighted by molar-refractivity contribution is 0.750. The molecule has 0 N–H and O–H groups in total. The maximum Gasteiger partial charge on any atom is 0.252 e. The van der Waals surface area contributed by atoms with Crippen LogP contribution in [-0.2, 0) is 6.54 Å². The Balaban J connectivity index is 1.98. The minimum absolute atomic E-state index is 0.0387. The van der Waals surface area contributed by atoms with Gasteiger partial charge in [0, 0.05) is 16.5 Å². The predicted molar refractivity (Wildman–Crippen MR) is 110 cm³/mol. The molecule has 0 atom stereocenters. The number of hydrogen-bond donors (Lipinski definition) is 0. The fourth-order valence-corrected chi connectivity index (χ4v) is 3.58. The average Bonchev–Trinajstić information content (AvgIpc) is 2.98. The number of hydrogen-bond acceptors (Lipinski definition) is 2. The molecule has 0 bridgehead atoms. The monoisotopic (exact) mass is 377 g/mol. The molecule has 2 aromatic carbocycles. The van der Waals surface area contributed by atoms with Gasteiger partial charge in [0.1, 0.15) is 5.65 Å². The zero-order chi connectivity index (χ0) is 19.1. The van der Waals surface area contributed by atoms with Crippen molar-refractivity contribution in [3.05, 3.63) is 92.4 Å². The Kier molecular flexibility index (Phi) is 4.36. The molecule has 0 aliphatic carbocycles. The molecule has 2 aromatic heterocycles. The number of aryl methyl sites for hydroxylation is 3. The average molecular weight is 378 g/mol. The quantitative estimate of drug-likeness (QED) is 0.513. The standard InChI is InChI=1S/C22H20ClN3O/c1-14-4-10-19(11-5-14)26-22-21(16(3)24-26)15(2)12-20(27)25(22)13-17-6-8-18(23)9-7-17/h4-12H,13H2,1-3H3. The van der Waals surface area contributed by atoms with Crippen LogP contribution in [0, 0.1) is 20.8 Å². The van der Waals surface area contributed by atoms with Crippen molar-refractivity contribution >= 4 is 22.6 Å². The van der Waals surface area contributed by atoms with E-state index < -0.39 is 0 Å². The van der Waals surface area contributed by atoms with Crippen molar-refractivity contribution < 1.29 is 0 Å². The molecule has 0 aliphatic rings. The highest BCUT2D eigenvalue weighted by atomic mass is 35.5. The van der Waals surface area contributed by atoms with Gasteiger partial charge in [-0.05, 0) is 56.2 Å². The Morgan fingerprint density at radius 3 is 2.30 bits per heavy atom. The summed E-state index contributed by atoms with van der Waals surface area (Å²) in [6, 6.07) is 17.4. The highest BCUT2D eigenvalue weighted by molar-refractivity contribution is 6.30. The molecule has 0 saturated carbocycles. The molecule has 27 heavy (non-hydrogen) atoms.